The normalized spacial score (nSPS) is 20.3. The second kappa shape index (κ2) is 5.29. The van der Waals surface area contributed by atoms with Crippen molar-refractivity contribution < 1.29 is 9.53 Å². The standard InChI is InChI=1S/C20H16N4O2/c1-13-6-8-15(9-7-13)22-19-23-20(18(25)26-19)12-14-4-2-3-5-16(14)17-21-10-11-24(17)20/h2-11H,12H2,1H3,(H,22,23). The molecule has 1 spiro atoms. The van der Waals surface area contributed by atoms with Crippen molar-refractivity contribution in [3.63, 3.8) is 0 Å². The fourth-order valence-electron chi connectivity index (χ4n) is 3.53. The van der Waals surface area contributed by atoms with E-state index in [1.807, 2.05) is 60.0 Å². The van der Waals surface area contributed by atoms with Crippen LogP contribution in [0.25, 0.3) is 11.4 Å². The Morgan fingerprint density at radius 2 is 1.96 bits per heavy atom. The molecule has 1 N–H and O–H groups in total. The average molecular weight is 344 g/mol. The number of fused-ring (bicyclic) bond motifs is 4. The van der Waals surface area contributed by atoms with Gasteiger partial charge in [0.05, 0.1) is 0 Å². The highest BCUT2D eigenvalue weighted by Gasteiger charge is 2.51. The van der Waals surface area contributed by atoms with E-state index >= 15 is 0 Å². The maximum Gasteiger partial charge on any atom is 0.363 e. The summed E-state index contributed by atoms with van der Waals surface area (Å²) in [5, 5.41) is 3.09. The predicted octanol–water partition coefficient (Wildman–Crippen LogP) is 3.09. The van der Waals surface area contributed by atoms with E-state index < -0.39 is 11.6 Å². The fraction of sp³-hybridized carbons (Fsp3) is 0.150. The van der Waals surface area contributed by atoms with Gasteiger partial charge in [-0.25, -0.2) is 9.78 Å². The molecule has 5 rings (SSSR count). The highest BCUT2D eigenvalue weighted by Crippen LogP contribution is 2.41. The number of nitrogens with zero attached hydrogens (tertiary/aromatic N) is 3. The number of carbonyl (C=O) groups excluding carboxylic acids is 1. The van der Waals surface area contributed by atoms with Crippen LogP contribution in [0.3, 0.4) is 0 Å². The number of nitrogens with one attached hydrogen (secondary N) is 1. The number of esters is 1. The molecule has 6 nitrogen and oxygen atoms in total. The minimum atomic E-state index is -1.15. The number of aryl methyl sites for hydroxylation is 1. The summed E-state index contributed by atoms with van der Waals surface area (Å²) < 4.78 is 7.29. The second-order valence-electron chi connectivity index (χ2n) is 6.57. The summed E-state index contributed by atoms with van der Waals surface area (Å²) >= 11 is 0. The van der Waals surface area contributed by atoms with Gasteiger partial charge in [-0.15, -0.1) is 0 Å². The highest BCUT2D eigenvalue weighted by atomic mass is 16.6. The van der Waals surface area contributed by atoms with Gasteiger partial charge >= 0.3 is 5.97 Å². The van der Waals surface area contributed by atoms with E-state index in [1.165, 1.54) is 0 Å². The molecule has 1 unspecified atom stereocenters. The van der Waals surface area contributed by atoms with Crippen molar-refractivity contribution in [2.75, 3.05) is 5.32 Å². The molecule has 3 heterocycles. The van der Waals surface area contributed by atoms with E-state index in [9.17, 15) is 4.79 Å². The van der Waals surface area contributed by atoms with Crippen LogP contribution < -0.4 is 5.32 Å². The molecule has 2 aromatic carbocycles. The Hall–Kier alpha value is -3.41. The van der Waals surface area contributed by atoms with Crippen LogP contribution >= 0.6 is 0 Å². The van der Waals surface area contributed by atoms with Crippen LogP contribution in [0.1, 0.15) is 11.1 Å². The monoisotopic (exact) mass is 344 g/mol. The summed E-state index contributed by atoms with van der Waals surface area (Å²) in [5.41, 5.74) is 2.88. The molecule has 1 atom stereocenters. The van der Waals surface area contributed by atoms with Gasteiger partial charge < -0.3 is 10.1 Å². The van der Waals surface area contributed by atoms with Gasteiger partial charge in [0.15, 0.2) is 0 Å². The van der Waals surface area contributed by atoms with Crippen LogP contribution in [0.4, 0.5) is 5.69 Å². The van der Waals surface area contributed by atoms with Crippen molar-refractivity contribution in [1.82, 2.24) is 9.55 Å². The van der Waals surface area contributed by atoms with Crippen LogP contribution in [0.2, 0.25) is 0 Å². The number of hydrogen-bond acceptors (Lipinski definition) is 5. The fourth-order valence-corrected chi connectivity index (χ4v) is 3.53. The molecule has 6 heteroatoms. The second-order valence-corrected chi connectivity index (χ2v) is 6.57. The number of hydrogen-bond donors (Lipinski definition) is 1. The zero-order valence-electron chi connectivity index (χ0n) is 14.1. The summed E-state index contributed by atoms with van der Waals surface area (Å²) in [6.07, 6.45) is 3.91. The van der Waals surface area contributed by atoms with Crippen LogP contribution in [0.5, 0.6) is 0 Å². The first-order valence-electron chi connectivity index (χ1n) is 8.44. The Kier molecular flexibility index (Phi) is 3.03. The van der Waals surface area contributed by atoms with E-state index in [0.29, 0.717) is 6.42 Å². The Morgan fingerprint density at radius 1 is 1.15 bits per heavy atom. The molecular formula is C20H16N4O2. The van der Waals surface area contributed by atoms with Crippen molar-refractivity contribution in [1.29, 1.82) is 0 Å². The topological polar surface area (TPSA) is 68.5 Å². The van der Waals surface area contributed by atoms with Gasteiger partial charge in [0, 0.05) is 30.1 Å². The van der Waals surface area contributed by atoms with Crippen molar-refractivity contribution in [3.8, 4) is 11.4 Å². The lowest BCUT2D eigenvalue weighted by Crippen LogP contribution is -2.42. The number of anilines is 1. The number of rotatable bonds is 1. The Balaban J connectivity index is 1.58. The molecule has 2 aliphatic rings. The van der Waals surface area contributed by atoms with Crippen LogP contribution in [0.15, 0.2) is 65.9 Å². The molecule has 0 radical (unpaired) electrons. The van der Waals surface area contributed by atoms with Gasteiger partial charge in [-0.05, 0) is 24.6 Å². The third-order valence-corrected chi connectivity index (χ3v) is 4.84. The molecule has 2 aliphatic heterocycles. The van der Waals surface area contributed by atoms with Crippen molar-refractivity contribution in [2.24, 2.45) is 4.99 Å². The highest BCUT2D eigenvalue weighted by molar-refractivity contribution is 6.04. The van der Waals surface area contributed by atoms with Gasteiger partial charge in [-0.1, -0.05) is 42.0 Å². The Bertz CT molecular complexity index is 1050. The summed E-state index contributed by atoms with van der Waals surface area (Å²) in [5.74, 6) is 0.324. The van der Waals surface area contributed by atoms with Gasteiger partial charge in [0.25, 0.3) is 6.02 Å². The number of aromatic nitrogens is 2. The van der Waals surface area contributed by atoms with Crippen LogP contribution in [-0.2, 0) is 21.6 Å². The smallest absolute Gasteiger partial charge is 0.363 e. The molecule has 3 aromatic rings. The SMILES string of the molecule is Cc1ccc(NC2=NC3(Cc4ccccc4-c4nccn43)C(=O)O2)cc1. The van der Waals surface area contributed by atoms with Crippen LogP contribution in [0, 0.1) is 6.92 Å². The molecule has 0 aliphatic carbocycles. The molecule has 128 valence electrons. The molecule has 0 amide bonds. The zero-order valence-corrected chi connectivity index (χ0v) is 14.1. The third-order valence-electron chi connectivity index (χ3n) is 4.84. The van der Waals surface area contributed by atoms with Gasteiger partial charge in [0.1, 0.15) is 5.82 Å². The Labute approximate surface area is 150 Å². The molecule has 0 saturated carbocycles. The zero-order chi connectivity index (χ0) is 17.7. The van der Waals surface area contributed by atoms with Gasteiger partial charge in [-0.3, -0.25) is 4.57 Å². The van der Waals surface area contributed by atoms with E-state index in [-0.39, 0.29) is 6.02 Å². The van der Waals surface area contributed by atoms with E-state index in [0.717, 1.165) is 28.2 Å². The molecule has 0 saturated heterocycles. The Morgan fingerprint density at radius 3 is 2.81 bits per heavy atom. The number of carbonyl (C=O) groups is 1. The van der Waals surface area contributed by atoms with E-state index in [1.54, 1.807) is 12.4 Å². The number of amidine groups is 1. The predicted molar refractivity (Wildman–Crippen MR) is 97.7 cm³/mol. The minimum absolute atomic E-state index is 0.206. The molecular weight excluding hydrogens is 328 g/mol. The first kappa shape index (κ1) is 14.9. The first-order chi connectivity index (χ1) is 12.7. The summed E-state index contributed by atoms with van der Waals surface area (Å²) in [6.45, 7) is 2.02. The quantitative estimate of drug-likeness (QED) is 0.689. The lowest BCUT2D eigenvalue weighted by atomic mass is 9.91. The van der Waals surface area contributed by atoms with E-state index in [2.05, 4.69) is 15.3 Å². The van der Waals surface area contributed by atoms with Crippen molar-refractivity contribution in [2.45, 2.75) is 19.0 Å². The summed E-state index contributed by atoms with van der Waals surface area (Å²) in [7, 11) is 0. The minimum Gasteiger partial charge on any atom is -0.389 e. The summed E-state index contributed by atoms with van der Waals surface area (Å²) in [4.78, 5) is 21.9. The maximum absolute atomic E-state index is 12.9. The van der Waals surface area contributed by atoms with Gasteiger partial charge in [-0.2, -0.15) is 4.99 Å². The number of aliphatic imine (C=N–C) groups is 1. The van der Waals surface area contributed by atoms with Crippen molar-refractivity contribution >= 4 is 17.7 Å². The first-order valence-corrected chi connectivity index (χ1v) is 8.44. The number of ether oxygens (including phenoxy) is 1. The maximum atomic E-state index is 12.9. The molecule has 0 bridgehead atoms. The largest absolute Gasteiger partial charge is 0.389 e. The third kappa shape index (κ3) is 2.08. The number of cyclic esters (lactones) is 1. The molecule has 1 aromatic heterocycles. The lowest BCUT2D eigenvalue weighted by Gasteiger charge is -2.30. The molecule has 0 fully saturated rings. The summed E-state index contributed by atoms with van der Waals surface area (Å²) in [6, 6.07) is 16.0. The number of benzene rings is 2. The average Bonchev–Trinajstić information content (AvgIpc) is 3.24. The lowest BCUT2D eigenvalue weighted by molar-refractivity contribution is -0.142. The van der Waals surface area contributed by atoms with Crippen LogP contribution in [-0.4, -0.2) is 21.5 Å². The number of imidazole rings is 1. The van der Waals surface area contributed by atoms with Gasteiger partial charge in [0.2, 0.25) is 5.66 Å². The molecule has 26 heavy (non-hydrogen) atoms. The van der Waals surface area contributed by atoms with Crippen molar-refractivity contribution in [3.05, 3.63) is 72.1 Å². The van der Waals surface area contributed by atoms with E-state index in [4.69, 9.17) is 4.74 Å².